The Morgan fingerprint density at radius 2 is 2.18 bits per heavy atom. The van der Waals surface area contributed by atoms with Gasteiger partial charge in [0.1, 0.15) is 12.2 Å². The van der Waals surface area contributed by atoms with Gasteiger partial charge in [-0.2, -0.15) is 4.39 Å². The van der Waals surface area contributed by atoms with Crippen LogP contribution in [0.25, 0.3) is 0 Å². The molecule has 0 bridgehead atoms. The van der Waals surface area contributed by atoms with Crippen molar-refractivity contribution in [3.05, 3.63) is 29.8 Å². The summed E-state index contributed by atoms with van der Waals surface area (Å²) in [6.45, 7) is 2.36. The molecule has 3 unspecified atom stereocenters. The second kappa shape index (κ2) is 5.19. The van der Waals surface area contributed by atoms with E-state index in [1.54, 1.807) is 0 Å². The number of ether oxygens (including phenoxy) is 2. The molecule has 5 heteroatoms. The maximum atomic E-state index is 13.4. The average Bonchev–Trinajstić information content (AvgIpc) is 2.31. The minimum absolute atomic E-state index is 0.0942. The van der Waals surface area contributed by atoms with Crippen LogP contribution < -0.4 is 4.74 Å². The van der Waals surface area contributed by atoms with E-state index in [4.69, 9.17) is 21.1 Å². The zero-order valence-corrected chi connectivity index (χ0v) is 10.1. The minimum Gasteiger partial charge on any atom is -0.484 e. The van der Waals surface area contributed by atoms with Crippen LogP contribution in [0.1, 0.15) is 13.3 Å². The minimum atomic E-state index is -0.972. The Hall–Kier alpha value is -0.870. The van der Waals surface area contributed by atoms with Gasteiger partial charge < -0.3 is 9.47 Å². The van der Waals surface area contributed by atoms with Crippen molar-refractivity contribution in [3.63, 3.8) is 0 Å². The Bertz CT molecular complexity index is 400. The van der Waals surface area contributed by atoms with E-state index >= 15 is 0 Å². The number of benzene rings is 1. The van der Waals surface area contributed by atoms with E-state index in [-0.39, 0.29) is 23.3 Å². The van der Waals surface area contributed by atoms with Gasteiger partial charge in [0.15, 0.2) is 11.6 Å². The molecule has 1 fully saturated rings. The Kier molecular flexibility index (Phi) is 3.84. The molecule has 2 rings (SSSR count). The second-order valence-corrected chi connectivity index (χ2v) is 4.44. The van der Waals surface area contributed by atoms with Crippen LogP contribution >= 0.6 is 11.6 Å². The van der Waals surface area contributed by atoms with Crippen molar-refractivity contribution in [1.29, 1.82) is 0 Å². The summed E-state index contributed by atoms with van der Waals surface area (Å²) in [6, 6.07) is 3.84. The molecule has 0 amide bonds. The number of hydrogen-bond acceptors (Lipinski definition) is 2. The van der Waals surface area contributed by atoms with Crippen LogP contribution in [0.2, 0.25) is 0 Å². The largest absolute Gasteiger partial charge is 0.484 e. The molecule has 0 aliphatic heterocycles. The summed E-state index contributed by atoms with van der Waals surface area (Å²) in [5.41, 5.74) is 0. The number of rotatable bonds is 4. The van der Waals surface area contributed by atoms with Crippen molar-refractivity contribution >= 4 is 11.6 Å². The maximum Gasteiger partial charge on any atom is 0.200 e. The normalized spacial score (nSPS) is 27.6. The molecule has 1 saturated carbocycles. The third-order valence-corrected chi connectivity index (χ3v) is 3.16. The molecule has 1 aliphatic rings. The summed E-state index contributed by atoms with van der Waals surface area (Å²) in [4.78, 5) is 0. The molecular weight excluding hydrogens is 250 g/mol. The molecule has 0 aromatic heterocycles. The van der Waals surface area contributed by atoms with Crippen molar-refractivity contribution < 1.29 is 18.3 Å². The molecule has 0 radical (unpaired) electrons. The van der Waals surface area contributed by atoms with E-state index in [9.17, 15) is 8.78 Å². The molecule has 2 nitrogen and oxygen atoms in total. The summed E-state index contributed by atoms with van der Waals surface area (Å²) in [5.74, 6) is -1.98. The number of halogens is 3. The third-order valence-electron chi connectivity index (χ3n) is 2.73. The van der Waals surface area contributed by atoms with Gasteiger partial charge in [0.25, 0.3) is 0 Å². The molecule has 1 aromatic carbocycles. The zero-order chi connectivity index (χ0) is 12.4. The summed E-state index contributed by atoms with van der Waals surface area (Å²) in [6.07, 6.45) is 0.000384. The van der Waals surface area contributed by atoms with Gasteiger partial charge in [0.05, 0.1) is 5.38 Å². The van der Waals surface area contributed by atoms with E-state index in [0.717, 1.165) is 6.07 Å². The quantitative estimate of drug-likeness (QED) is 0.776. The Labute approximate surface area is 103 Å². The average molecular weight is 263 g/mol. The third kappa shape index (κ3) is 2.53. The van der Waals surface area contributed by atoms with Crippen molar-refractivity contribution in [3.8, 4) is 5.75 Å². The zero-order valence-electron chi connectivity index (χ0n) is 9.33. The summed E-state index contributed by atoms with van der Waals surface area (Å²) in [5, 5.41) is -0.128. The van der Waals surface area contributed by atoms with E-state index in [0.29, 0.717) is 13.0 Å². The highest BCUT2D eigenvalue weighted by Crippen LogP contribution is 2.34. The van der Waals surface area contributed by atoms with E-state index < -0.39 is 11.6 Å². The highest BCUT2D eigenvalue weighted by molar-refractivity contribution is 6.21. The summed E-state index contributed by atoms with van der Waals surface area (Å²) < 4.78 is 37.1. The van der Waals surface area contributed by atoms with Gasteiger partial charge in [-0.3, -0.25) is 0 Å². The van der Waals surface area contributed by atoms with Gasteiger partial charge in [0, 0.05) is 13.0 Å². The molecule has 1 aliphatic carbocycles. The molecular formula is C12H13ClF2O2. The van der Waals surface area contributed by atoms with Crippen LogP contribution in [-0.4, -0.2) is 24.2 Å². The van der Waals surface area contributed by atoms with Gasteiger partial charge in [-0.25, -0.2) is 4.39 Å². The Morgan fingerprint density at radius 1 is 1.41 bits per heavy atom. The molecule has 0 heterocycles. The first-order chi connectivity index (χ1) is 8.13. The molecule has 17 heavy (non-hydrogen) atoms. The smallest absolute Gasteiger partial charge is 0.200 e. The SMILES string of the molecule is CCOC1C(Cl)CC1Oc1cccc(F)c1F. The lowest BCUT2D eigenvalue weighted by molar-refractivity contribution is -0.0771. The van der Waals surface area contributed by atoms with Crippen molar-refractivity contribution in [1.82, 2.24) is 0 Å². The van der Waals surface area contributed by atoms with Gasteiger partial charge in [-0.15, -0.1) is 11.6 Å². The molecule has 0 spiro atoms. The van der Waals surface area contributed by atoms with Crippen molar-refractivity contribution in [2.75, 3.05) is 6.61 Å². The Balaban J connectivity index is 2.04. The number of alkyl halides is 1. The van der Waals surface area contributed by atoms with Crippen LogP contribution in [-0.2, 0) is 4.74 Å². The lowest BCUT2D eigenvalue weighted by Gasteiger charge is -2.40. The van der Waals surface area contributed by atoms with Gasteiger partial charge in [-0.1, -0.05) is 6.07 Å². The predicted molar refractivity (Wildman–Crippen MR) is 60.4 cm³/mol. The summed E-state index contributed by atoms with van der Waals surface area (Å²) >= 11 is 5.95. The fourth-order valence-corrected chi connectivity index (χ4v) is 2.20. The van der Waals surface area contributed by atoms with Crippen molar-refractivity contribution in [2.45, 2.75) is 30.9 Å². The highest BCUT2D eigenvalue weighted by atomic mass is 35.5. The first-order valence-corrected chi connectivity index (χ1v) is 5.93. The predicted octanol–water partition coefficient (Wildman–Crippen LogP) is 3.13. The van der Waals surface area contributed by atoms with E-state index in [1.807, 2.05) is 6.92 Å². The number of hydrogen-bond donors (Lipinski definition) is 0. The molecule has 0 N–H and O–H groups in total. The topological polar surface area (TPSA) is 18.5 Å². The monoisotopic (exact) mass is 262 g/mol. The van der Waals surface area contributed by atoms with Crippen LogP contribution in [0.4, 0.5) is 8.78 Å². The highest BCUT2D eigenvalue weighted by Gasteiger charge is 2.43. The van der Waals surface area contributed by atoms with Crippen molar-refractivity contribution in [2.24, 2.45) is 0 Å². The lowest BCUT2D eigenvalue weighted by atomic mass is 9.91. The first kappa shape index (κ1) is 12.6. The fourth-order valence-electron chi connectivity index (χ4n) is 1.78. The molecule has 3 atom stereocenters. The molecule has 94 valence electrons. The Morgan fingerprint density at radius 3 is 2.82 bits per heavy atom. The molecule has 0 saturated heterocycles. The first-order valence-electron chi connectivity index (χ1n) is 5.49. The molecule has 1 aromatic rings. The second-order valence-electron chi connectivity index (χ2n) is 3.88. The maximum absolute atomic E-state index is 13.4. The van der Waals surface area contributed by atoms with E-state index in [2.05, 4.69) is 0 Å². The standard InChI is InChI=1S/C12H13ClF2O2/c1-2-16-12-7(13)6-10(12)17-9-5-3-4-8(14)11(9)15/h3-5,7,10,12H,2,6H2,1H3. The fraction of sp³-hybridized carbons (Fsp3) is 0.500. The van der Waals surface area contributed by atoms with Gasteiger partial charge >= 0.3 is 0 Å². The van der Waals surface area contributed by atoms with Gasteiger partial charge in [0.2, 0.25) is 5.82 Å². The summed E-state index contributed by atoms with van der Waals surface area (Å²) in [7, 11) is 0. The van der Waals surface area contributed by atoms with Crippen LogP contribution in [0, 0.1) is 11.6 Å². The van der Waals surface area contributed by atoms with E-state index in [1.165, 1.54) is 12.1 Å². The lowest BCUT2D eigenvalue weighted by Crippen LogP contribution is -2.52. The van der Waals surface area contributed by atoms with Crippen LogP contribution in [0.15, 0.2) is 18.2 Å². The van der Waals surface area contributed by atoms with Crippen LogP contribution in [0.3, 0.4) is 0 Å². The van der Waals surface area contributed by atoms with Gasteiger partial charge in [-0.05, 0) is 19.1 Å². The van der Waals surface area contributed by atoms with Crippen LogP contribution in [0.5, 0.6) is 5.75 Å².